The fourth-order valence-electron chi connectivity index (χ4n) is 1.20. The van der Waals surface area contributed by atoms with Crippen LogP contribution in [-0.2, 0) is 16.0 Å². The maximum atomic E-state index is 12.6. The summed E-state index contributed by atoms with van der Waals surface area (Å²) >= 11 is 0. The molecule has 90 valence electrons. The van der Waals surface area contributed by atoms with Crippen molar-refractivity contribution in [3.8, 4) is 11.8 Å². The largest absolute Gasteiger partial charge is 0.505 e. The van der Waals surface area contributed by atoms with Crippen LogP contribution in [0, 0.1) is 11.3 Å². The third-order valence-corrected chi connectivity index (χ3v) is 2.05. The zero-order valence-electron chi connectivity index (χ0n) is 8.78. The SMILES string of the molecule is COC(=O)Cc1ncc(C#N)c(C(F)F)c1O. The van der Waals surface area contributed by atoms with Gasteiger partial charge in [-0.1, -0.05) is 0 Å². The minimum atomic E-state index is -3.02. The van der Waals surface area contributed by atoms with E-state index in [0.717, 1.165) is 13.3 Å². The number of carbonyl (C=O) groups excluding carboxylic acids is 1. The highest BCUT2D eigenvalue weighted by atomic mass is 19.3. The number of halogens is 2. The maximum absolute atomic E-state index is 12.6. The second kappa shape index (κ2) is 5.21. The van der Waals surface area contributed by atoms with Crippen LogP contribution >= 0.6 is 0 Å². The number of methoxy groups -OCH3 is 1. The molecule has 1 rings (SSSR count). The summed E-state index contributed by atoms with van der Waals surface area (Å²) < 4.78 is 29.6. The van der Waals surface area contributed by atoms with Gasteiger partial charge in [-0.2, -0.15) is 5.26 Å². The molecule has 0 saturated carbocycles. The fourth-order valence-corrected chi connectivity index (χ4v) is 1.20. The molecule has 0 amide bonds. The van der Waals surface area contributed by atoms with Crippen molar-refractivity contribution in [1.29, 1.82) is 5.26 Å². The van der Waals surface area contributed by atoms with Crippen molar-refractivity contribution in [1.82, 2.24) is 4.98 Å². The summed E-state index contributed by atoms with van der Waals surface area (Å²) in [5, 5.41) is 18.1. The summed E-state index contributed by atoms with van der Waals surface area (Å²) in [5.41, 5.74) is -1.49. The first kappa shape index (κ1) is 12.8. The normalized spacial score (nSPS) is 10.1. The Hall–Kier alpha value is -2.23. The summed E-state index contributed by atoms with van der Waals surface area (Å²) in [7, 11) is 1.12. The first-order chi connectivity index (χ1) is 8.01. The third-order valence-electron chi connectivity index (χ3n) is 2.05. The molecule has 0 atom stereocenters. The molecule has 7 heteroatoms. The average molecular weight is 242 g/mol. The molecule has 0 fully saturated rings. The molecule has 1 heterocycles. The van der Waals surface area contributed by atoms with Crippen molar-refractivity contribution in [3.63, 3.8) is 0 Å². The summed E-state index contributed by atoms with van der Waals surface area (Å²) in [5.74, 6) is -1.57. The molecule has 0 aliphatic rings. The molecule has 5 nitrogen and oxygen atoms in total. The van der Waals surface area contributed by atoms with Crippen LogP contribution in [0.4, 0.5) is 8.78 Å². The molecule has 0 spiro atoms. The van der Waals surface area contributed by atoms with Crippen molar-refractivity contribution < 1.29 is 23.4 Å². The highest BCUT2D eigenvalue weighted by Crippen LogP contribution is 2.33. The van der Waals surface area contributed by atoms with Gasteiger partial charge in [-0.3, -0.25) is 9.78 Å². The number of nitriles is 1. The third kappa shape index (κ3) is 2.66. The van der Waals surface area contributed by atoms with Crippen molar-refractivity contribution in [2.24, 2.45) is 0 Å². The second-order valence-corrected chi connectivity index (χ2v) is 3.05. The molecular weight excluding hydrogens is 234 g/mol. The first-order valence-corrected chi connectivity index (χ1v) is 4.47. The highest BCUT2D eigenvalue weighted by Gasteiger charge is 2.23. The van der Waals surface area contributed by atoms with Gasteiger partial charge < -0.3 is 9.84 Å². The topological polar surface area (TPSA) is 83.2 Å². The van der Waals surface area contributed by atoms with Crippen LogP contribution in [0.1, 0.15) is 23.2 Å². The van der Waals surface area contributed by atoms with Gasteiger partial charge >= 0.3 is 5.97 Å². The summed E-state index contributed by atoms with van der Waals surface area (Å²) in [6, 6.07) is 1.49. The predicted molar refractivity (Wildman–Crippen MR) is 51.3 cm³/mol. The monoisotopic (exact) mass is 242 g/mol. The van der Waals surface area contributed by atoms with Crippen molar-refractivity contribution in [2.75, 3.05) is 7.11 Å². The van der Waals surface area contributed by atoms with E-state index in [1.807, 2.05) is 0 Å². The van der Waals surface area contributed by atoms with Crippen molar-refractivity contribution in [2.45, 2.75) is 12.8 Å². The minimum Gasteiger partial charge on any atom is -0.505 e. The molecule has 1 aromatic rings. The van der Waals surface area contributed by atoms with E-state index in [2.05, 4.69) is 9.72 Å². The van der Waals surface area contributed by atoms with Gasteiger partial charge in [-0.15, -0.1) is 0 Å². The lowest BCUT2D eigenvalue weighted by Crippen LogP contribution is -2.08. The lowest BCUT2D eigenvalue weighted by molar-refractivity contribution is -0.139. The number of pyridine rings is 1. The molecule has 17 heavy (non-hydrogen) atoms. The van der Waals surface area contributed by atoms with Gasteiger partial charge in [-0.25, -0.2) is 8.78 Å². The lowest BCUT2D eigenvalue weighted by Gasteiger charge is -2.09. The zero-order chi connectivity index (χ0) is 13.0. The number of carbonyl (C=O) groups is 1. The van der Waals surface area contributed by atoms with E-state index in [9.17, 15) is 18.7 Å². The van der Waals surface area contributed by atoms with Crippen LogP contribution in [0.3, 0.4) is 0 Å². The van der Waals surface area contributed by atoms with Gasteiger partial charge in [-0.05, 0) is 0 Å². The molecule has 1 aromatic heterocycles. The van der Waals surface area contributed by atoms with Crippen LogP contribution in [0.15, 0.2) is 6.20 Å². The van der Waals surface area contributed by atoms with E-state index in [4.69, 9.17) is 5.26 Å². The number of esters is 1. The van der Waals surface area contributed by atoms with E-state index in [1.54, 1.807) is 0 Å². The summed E-state index contributed by atoms with van der Waals surface area (Å²) in [4.78, 5) is 14.5. The number of alkyl halides is 2. The Bertz CT molecular complexity index is 483. The van der Waals surface area contributed by atoms with Gasteiger partial charge in [0, 0.05) is 6.20 Å². The fraction of sp³-hybridized carbons (Fsp3) is 0.300. The molecule has 0 unspecified atom stereocenters. The van der Waals surface area contributed by atoms with Gasteiger partial charge in [0.25, 0.3) is 6.43 Å². The predicted octanol–water partition coefficient (Wildman–Crippen LogP) is 1.31. The van der Waals surface area contributed by atoms with Gasteiger partial charge in [0.15, 0.2) is 0 Å². The Labute approximate surface area is 95.3 Å². The Morgan fingerprint density at radius 2 is 2.35 bits per heavy atom. The molecule has 0 aliphatic carbocycles. The van der Waals surface area contributed by atoms with Crippen LogP contribution in [0.2, 0.25) is 0 Å². The molecule has 0 aromatic carbocycles. The standard InChI is InChI=1S/C10H8F2N2O3/c1-17-7(15)2-6-9(16)8(10(11)12)5(3-13)4-14-6/h4,10,16H,2H2,1H3. The zero-order valence-corrected chi connectivity index (χ0v) is 8.78. The Balaban J connectivity index is 3.24. The van der Waals surface area contributed by atoms with Crippen LogP contribution in [0.5, 0.6) is 5.75 Å². The molecule has 0 saturated heterocycles. The Kier molecular flexibility index (Phi) is 3.93. The van der Waals surface area contributed by atoms with E-state index >= 15 is 0 Å². The molecule has 0 aliphatic heterocycles. The number of nitrogens with zero attached hydrogens (tertiary/aromatic N) is 2. The molecular formula is C10H8F2N2O3. The van der Waals surface area contributed by atoms with Crippen LogP contribution < -0.4 is 0 Å². The van der Waals surface area contributed by atoms with Crippen LogP contribution in [0.25, 0.3) is 0 Å². The van der Waals surface area contributed by atoms with Crippen molar-refractivity contribution >= 4 is 5.97 Å². The smallest absolute Gasteiger partial charge is 0.311 e. The molecule has 0 radical (unpaired) electrons. The van der Waals surface area contributed by atoms with Gasteiger partial charge in [0.05, 0.1) is 30.4 Å². The number of ether oxygens (including phenoxy) is 1. The second-order valence-electron chi connectivity index (χ2n) is 3.05. The number of hydrogen-bond donors (Lipinski definition) is 1. The Morgan fingerprint density at radius 1 is 1.71 bits per heavy atom. The van der Waals surface area contributed by atoms with E-state index in [-0.39, 0.29) is 5.69 Å². The summed E-state index contributed by atoms with van der Waals surface area (Å²) in [6.07, 6.45) is -2.57. The van der Waals surface area contributed by atoms with Crippen LogP contribution in [-0.4, -0.2) is 23.2 Å². The van der Waals surface area contributed by atoms with E-state index < -0.39 is 35.7 Å². The summed E-state index contributed by atoms with van der Waals surface area (Å²) in [6.45, 7) is 0. The lowest BCUT2D eigenvalue weighted by atomic mass is 10.1. The van der Waals surface area contributed by atoms with Gasteiger partial charge in [0.2, 0.25) is 0 Å². The number of aromatic hydroxyl groups is 1. The van der Waals surface area contributed by atoms with E-state index in [1.165, 1.54) is 6.07 Å². The van der Waals surface area contributed by atoms with Gasteiger partial charge in [0.1, 0.15) is 11.8 Å². The number of hydrogen-bond acceptors (Lipinski definition) is 5. The Morgan fingerprint density at radius 3 is 2.82 bits per heavy atom. The van der Waals surface area contributed by atoms with E-state index in [0.29, 0.717) is 0 Å². The number of aromatic nitrogens is 1. The first-order valence-electron chi connectivity index (χ1n) is 4.47. The maximum Gasteiger partial charge on any atom is 0.311 e. The molecule has 0 bridgehead atoms. The quantitative estimate of drug-likeness (QED) is 0.808. The van der Waals surface area contributed by atoms with Crippen molar-refractivity contribution in [3.05, 3.63) is 23.0 Å². The highest BCUT2D eigenvalue weighted by molar-refractivity contribution is 5.73. The number of rotatable bonds is 3. The average Bonchev–Trinajstić information content (AvgIpc) is 2.30. The molecule has 1 N–H and O–H groups in total. The minimum absolute atomic E-state index is 0.244.